The van der Waals surface area contributed by atoms with Crippen molar-refractivity contribution in [1.29, 1.82) is 0 Å². The Morgan fingerprint density at radius 3 is 2.08 bits per heavy atom. The highest BCUT2D eigenvalue weighted by molar-refractivity contribution is 5.64. The van der Waals surface area contributed by atoms with Crippen molar-refractivity contribution in [2.45, 2.75) is 64.2 Å². The summed E-state index contributed by atoms with van der Waals surface area (Å²) in [7, 11) is 0. The largest absolute Gasteiger partial charge is 0.216 e. The molecule has 0 saturated heterocycles. The highest BCUT2D eigenvalue weighted by Gasteiger charge is 2.21. The Hall–Kier alpha value is -1.89. The van der Waals surface area contributed by atoms with E-state index in [4.69, 9.17) is 0 Å². The second-order valence-corrected chi connectivity index (χ2v) is 7.73. The van der Waals surface area contributed by atoms with Crippen LogP contribution in [0.5, 0.6) is 0 Å². The molecular weight excluding hydrogens is 319 g/mol. The average molecular weight is 351 g/mol. The molecule has 138 valence electrons. The molecule has 0 aromatic heterocycles. The summed E-state index contributed by atoms with van der Waals surface area (Å²) in [6.07, 6.45) is 11.8. The van der Waals surface area contributed by atoms with Crippen LogP contribution in [0.15, 0.2) is 60.9 Å². The number of hydrogen-bond donors (Lipinski definition) is 0. The minimum absolute atomic E-state index is 0.685. The van der Waals surface area contributed by atoms with E-state index in [1.165, 1.54) is 54.4 Å². The topological polar surface area (TPSA) is 0 Å². The van der Waals surface area contributed by atoms with Crippen molar-refractivity contribution in [3.8, 4) is 11.1 Å². The van der Waals surface area contributed by atoms with Gasteiger partial charge in [-0.1, -0.05) is 68.0 Å². The maximum absolute atomic E-state index is 12.1. The van der Waals surface area contributed by atoms with Gasteiger partial charge in [-0.25, -0.2) is 4.39 Å². The first-order valence-corrected chi connectivity index (χ1v) is 10.2. The second kappa shape index (κ2) is 9.71. The zero-order chi connectivity index (χ0) is 18.2. The van der Waals surface area contributed by atoms with Crippen molar-refractivity contribution >= 4 is 0 Å². The fraction of sp³-hybridized carbons (Fsp3) is 0.440. The van der Waals surface area contributed by atoms with Gasteiger partial charge in [-0.05, 0) is 79.0 Å². The lowest BCUT2D eigenvalue weighted by molar-refractivity contribution is 0.311. The Kier molecular flexibility index (Phi) is 7.05. The Morgan fingerprint density at radius 1 is 0.885 bits per heavy atom. The van der Waals surface area contributed by atoms with Crippen LogP contribution in [0.3, 0.4) is 0 Å². The highest BCUT2D eigenvalue weighted by Crippen LogP contribution is 2.38. The van der Waals surface area contributed by atoms with Crippen LogP contribution in [0.2, 0.25) is 0 Å². The monoisotopic (exact) mass is 350 g/mol. The molecule has 0 spiro atoms. The number of benzene rings is 2. The lowest BCUT2D eigenvalue weighted by Crippen LogP contribution is -2.13. The van der Waals surface area contributed by atoms with Crippen LogP contribution in [0, 0.1) is 5.92 Å². The van der Waals surface area contributed by atoms with E-state index in [0.717, 1.165) is 25.2 Å². The van der Waals surface area contributed by atoms with Crippen LogP contribution in [0.1, 0.15) is 68.9 Å². The van der Waals surface area contributed by atoms with E-state index in [1.807, 2.05) is 0 Å². The van der Waals surface area contributed by atoms with Crippen LogP contribution in [-0.2, 0) is 6.42 Å². The van der Waals surface area contributed by atoms with Gasteiger partial charge in [0.15, 0.2) is 0 Å². The Morgan fingerprint density at radius 2 is 1.50 bits per heavy atom. The molecule has 1 fully saturated rings. The van der Waals surface area contributed by atoms with Crippen molar-refractivity contribution in [2.24, 2.45) is 5.92 Å². The number of rotatable bonds is 7. The van der Waals surface area contributed by atoms with Crippen LogP contribution in [-0.4, -0.2) is 0 Å². The Labute approximate surface area is 158 Å². The van der Waals surface area contributed by atoms with Gasteiger partial charge in [0, 0.05) is 0 Å². The van der Waals surface area contributed by atoms with Gasteiger partial charge in [-0.2, -0.15) is 0 Å². The van der Waals surface area contributed by atoms with E-state index in [0.29, 0.717) is 12.2 Å². The average Bonchev–Trinajstić information content (AvgIpc) is 2.70. The van der Waals surface area contributed by atoms with Gasteiger partial charge >= 0.3 is 0 Å². The summed E-state index contributed by atoms with van der Waals surface area (Å²) in [5, 5.41) is 0. The van der Waals surface area contributed by atoms with Gasteiger partial charge in [-0.3, -0.25) is 0 Å². The van der Waals surface area contributed by atoms with E-state index in [-0.39, 0.29) is 0 Å². The molecule has 1 aliphatic carbocycles. The molecule has 0 nitrogen and oxygen atoms in total. The molecule has 0 heterocycles. The predicted octanol–water partition coefficient (Wildman–Crippen LogP) is 7.84. The van der Waals surface area contributed by atoms with Crippen molar-refractivity contribution in [1.82, 2.24) is 0 Å². The molecule has 0 unspecified atom stereocenters. The van der Waals surface area contributed by atoms with E-state index in [2.05, 4.69) is 55.5 Å². The number of halogens is 1. The fourth-order valence-electron chi connectivity index (χ4n) is 4.28. The number of hydrogen-bond acceptors (Lipinski definition) is 0. The molecular formula is C25H31F. The molecule has 2 aromatic rings. The third-order valence-corrected chi connectivity index (χ3v) is 5.89. The van der Waals surface area contributed by atoms with Crippen LogP contribution in [0.4, 0.5) is 4.39 Å². The van der Waals surface area contributed by atoms with Crippen molar-refractivity contribution in [3.63, 3.8) is 0 Å². The molecule has 0 bridgehead atoms. The smallest absolute Gasteiger partial charge is 0.0827 e. The van der Waals surface area contributed by atoms with Crippen molar-refractivity contribution in [3.05, 3.63) is 72.1 Å². The maximum atomic E-state index is 12.1. The second-order valence-electron chi connectivity index (χ2n) is 7.73. The van der Waals surface area contributed by atoms with Crippen LogP contribution >= 0.6 is 0 Å². The molecule has 0 atom stereocenters. The first-order chi connectivity index (χ1) is 12.8. The summed E-state index contributed by atoms with van der Waals surface area (Å²) in [6.45, 7) is 2.22. The van der Waals surface area contributed by atoms with Crippen LogP contribution in [0.25, 0.3) is 11.1 Å². The van der Waals surface area contributed by atoms with E-state index < -0.39 is 0 Å². The third-order valence-electron chi connectivity index (χ3n) is 5.89. The minimum atomic E-state index is 0.685. The Balaban J connectivity index is 1.56. The van der Waals surface area contributed by atoms with Crippen LogP contribution < -0.4 is 0 Å². The minimum Gasteiger partial charge on any atom is -0.216 e. The van der Waals surface area contributed by atoms with Crippen molar-refractivity contribution in [2.75, 3.05) is 0 Å². The molecule has 1 aliphatic rings. The van der Waals surface area contributed by atoms with Gasteiger partial charge < -0.3 is 0 Å². The number of allylic oxidation sites excluding steroid dienone is 1. The summed E-state index contributed by atoms with van der Waals surface area (Å²) >= 11 is 0. The quantitative estimate of drug-likeness (QED) is 0.477. The fourth-order valence-corrected chi connectivity index (χ4v) is 4.28. The molecule has 0 amide bonds. The first kappa shape index (κ1) is 18.9. The summed E-state index contributed by atoms with van der Waals surface area (Å²) in [4.78, 5) is 0. The maximum Gasteiger partial charge on any atom is 0.0827 e. The van der Waals surface area contributed by atoms with Gasteiger partial charge in [0.2, 0.25) is 0 Å². The molecule has 3 rings (SSSR count). The molecule has 1 saturated carbocycles. The van der Waals surface area contributed by atoms with Gasteiger partial charge in [0.05, 0.1) is 6.33 Å². The molecule has 0 N–H and O–H groups in total. The predicted molar refractivity (Wildman–Crippen MR) is 110 cm³/mol. The van der Waals surface area contributed by atoms with E-state index >= 15 is 0 Å². The van der Waals surface area contributed by atoms with Crippen molar-refractivity contribution < 1.29 is 4.39 Å². The lowest BCUT2D eigenvalue weighted by Gasteiger charge is -2.28. The highest BCUT2D eigenvalue weighted by atomic mass is 19.1. The molecule has 2 aromatic carbocycles. The Bertz CT molecular complexity index is 673. The first-order valence-electron chi connectivity index (χ1n) is 10.2. The number of aryl methyl sites for hydroxylation is 1. The standard InChI is InChI=1S/C25H31F/c1-2-5-20-7-11-22(12-8-20)24-15-17-25(18-16-24)23-13-9-21(10-14-23)6-3-4-19-26/h4,7-8,11-12,15-19,21,23H,2-3,5-6,9-10,13-14H2,1H3/b19-4+. The van der Waals surface area contributed by atoms with Gasteiger partial charge in [0.1, 0.15) is 0 Å². The van der Waals surface area contributed by atoms with Gasteiger partial charge in [-0.15, -0.1) is 0 Å². The molecule has 0 radical (unpaired) electrons. The summed E-state index contributed by atoms with van der Waals surface area (Å²) < 4.78 is 12.1. The lowest BCUT2D eigenvalue weighted by atomic mass is 9.77. The third kappa shape index (κ3) is 5.06. The summed E-state index contributed by atoms with van der Waals surface area (Å²) in [5.74, 6) is 1.48. The molecule has 0 aliphatic heterocycles. The normalized spacial score (nSPS) is 20.5. The molecule has 1 heteroatoms. The SMILES string of the molecule is CCCc1ccc(-c2ccc(C3CCC(CC/C=C/F)CC3)cc2)cc1. The summed E-state index contributed by atoms with van der Waals surface area (Å²) in [5.41, 5.74) is 5.52. The zero-order valence-electron chi connectivity index (χ0n) is 16.0. The van der Waals surface area contributed by atoms with E-state index in [9.17, 15) is 4.39 Å². The summed E-state index contributed by atoms with van der Waals surface area (Å²) in [6, 6.07) is 18.2. The van der Waals surface area contributed by atoms with Gasteiger partial charge in [0.25, 0.3) is 0 Å². The zero-order valence-corrected chi connectivity index (χ0v) is 16.0. The van der Waals surface area contributed by atoms with E-state index in [1.54, 1.807) is 6.08 Å². The molecule has 26 heavy (non-hydrogen) atoms.